The quantitative estimate of drug-likeness (QED) is 0.868. The van der Waals surface area contributed by atoms with Gasteiger partial charge in [0.15, 0.2) is 0 Å². The van der Waals surface area contributed by atoms with E-state index >= 15 is 0 Å². The summed E-state index contributed by atoms with van der Waals surface area (Å²) in [5.41, 5.74) is 0. The Morgan fingerprint density at radius 2 is 2.20 bits per heavy atom. The second-order valence-electron chi connectivity index (χ2n) is 5.11. The van der Waals surface area contributed by atoms with Crippen LogP contribution in [-0.2, 0) is 9.59 Å². The van der Waals surface area contributed by atoms with Crippen LogP contribution in [-0.4, -0.2) is 41.5 Å². The summed E-state index contributed by atoms with van der Waals surface area (Å²) in [5.74, 6) is -0.990. The zero-order valence-electron chi connectivity index (χ0n) is 11.5. The fourth-order valence-electron chi connectivity index (χ4n) is 2.37. The monoisotopic (exact) mass is 296 g/mol. The maximum atomic E-state index is 12.1. The Morgan fingerprint density at radius 3 is 2.75 bits per heavy atom. The van der Waals surface area contributed by atoms with Gasteiger partial charge in [0, 0.05) is 24.0 Å². The summed E-state index contributed by atoms with van der Waals surface area (Å²) >= 11 is 1.67. The first-order valence-corrected chi connectivity index (χ1v) is 7.73. The average Bonchev–Trinajstić information content (AvgIpc) is 2.98. The molecule has 0 aliphatic carbocycles. The van der Waals surface area contributed by atoms with Crippen molar-refractivity contribution in [3.63, 3.8) is 0 Å². The van der Waals surface area contributed by atoms with Gasteiger partial charge in [-0.2, -0.15) is 0 Å². The summed E-state index contributed by atoms with van der Waals surface area (Å²) in [6.07, 6.45) is 1.11. The van der Waals surface area contributed by atoms with Crippen LogP contribution in [0.2, 0.25) is 0 Å². The minimum absolute atomic E-state index is 0.0530. The maximum Gasteiger partial charge on any atom is 0.306 e. The number of likely N-dealkylation sites (tertiary alicyclic amines) is 1. The molecule has 1 aliphatic rings. The van der Waals surface area contributed by atoms with Crippen molar-refractivity contribution < 1.29 is 14.7 Å². The molecular formula is C14H20N2O3S. The van der Waals surface area contributed by atoms with Gasteiger partial charge in [0.25, 0.3) is 0 Å². The van der Waals surface area contributed by atoms with Gasteiger partial charge >= 0.3 is 5.97 Å². The second-order valence-corrected chi connectivity index (χ2v) is 6.09. The smallest absolute Gasteiger partial charge is 0.306 e. The molecule has 2 rings (SSSR count). The van der Waals surface area contributed by atoms with Gasteiger partial charge in [-0.3, -0.25) is 9.59 Å². The Bertz CT molecular complexity index is 453. The van der Waals surface area contributed by atoms with Crippen molar-refractivity contribution in [2.75, 3.05) is 19.6 Å². The van der Waals surface area contributed by atoms with E-state index in [1.807, 2.05) is 24.4 Å². The second kappa shape index (κ2) is 6.85. The Kier molecular flexibility index (Phi) is 5.14. The summed E-state index contributed by atoms with van der Waals surface area (Å²) in [4.78, 5) is 25.9. The van der Waals surface area contributed by atoms with E-state index in [4.69, 9.17) is 5.11 Å². The van der Waals surface area contributed by atoms with Crippen LogP contribution in [0.4, 0.5) is 0 Å². The number of thiophene rings is 1. The molecule has 110 valence electrons. The minimum atomic E-state index is -0.749. The molecule has 1 aromatic heterocycles. The Morgan fingerprint density at radius 1 is 1.50 bits per heavy atom. The summed E-state index contributed by atoms with van der Waals surface area (Å²) in [6.45, 7) is 3.43. The number of aliphatic carboxylic acids is 1. The number of carbonyl (C=O) groups excluding carboxylic acids is 1. The molecule has 20 heavy (non-hydrogen) atoms. The topological polar surface area (TPSA) is 69.6 Å². The highest BCUT2D eigenvalue weighted by Gasteiger charge is 2.26. The molecular weight excluding hydrogens is 276 g/mol. The fourth-order valence-corrected chi connectivity index (χ4v) is 3.13. The van der Waals surface area contributed by atoms with E-state index < -0.39 is 5.97 Å². The number of hydrogen-bond donors (Lipinski definition) is 2. The van der Waals surface area contributed by atoms with E-state index in [2.05, 4.69) is 5.32 Å². The van der Waals surface area contributed by atoms with E-state index in [0.717, 1.165) is 0 Å². The van der Waals surface area contributed by atoms with Crippen LogP contribution in [0.3, 0.4) is 0 Å². The van der Waals surface area contributed by atoms with Crippen molar-refractivity contribution >= 4 is 23.2 Å². The summed E-state index contributed by atoms with van der Waals surface area (Å²) < 4.78 is 0. The molecule has 1 unspecified atom stereocenters. The zero-order chi connectivity index (χ0) is 14.5. The van der Waals surface area contributed by atoms with Crippen LogP contribution in [0.5, 0.6) is 0 Å². The largest absolute Gasteiger partial charge is 0.481 e. The molecule has 0 aromatic carbocycles. The van der Waals surface area contributed by atoms with Gasteiger partial charge in [0.2, 0.25) is 5.91 Å². The lowest BCUT2D eigenvalue weighted by atomic mass is 9.97. The SMILES string of the molecule is CC(NCC(=O)N1CCC(C(=O)O)CC1)c1cccs1. The van der Waals surface area contributed by atoms with Crippen molar-refractivity contribution in [2.24, 2.45) is 5.92 Å². The van der Waals surface area contributed by atoms with Gasteiger partial charge < -0.3 is 15.3 Å². The number of nitrogens with zero attached hydrogens (tertiary/aromatic N) is 1. The third-order valence-corrected chi connectivity index (χ3v) is 4.78. The maximum absolute atomic E-state index is 12.1. The van der Waals surface area contributed by atoms with Gasteiger partial charge in [0.05, 0.1) is 12.5 Å². The van der Waals surface area contributed by atoms with Gasteiger partial charge in [-0.15, -0.1) is 11.3 Å². The number of nitrogens with one attached hydrogen (secondary N) is 1. The number of carbonyl (C=O) groups is 2. The van der Waals surface area contributed by atoms with E-state index in [-0.39, 0.29) is 17.9 Å². The third-order valence-electron chi connectivity index (χ3n) is 3.73. The van der Waals surface area contributed by atoms with Gasteiger partial charge in [-0.05, 0) is 31.2 Å². The van der Waals surface area contributed by atoms with Crippen LogP contribution in [0.15, 0.2) is 17.5 Å². The highest BCUT2D eigenvalue weighted by molar-refractivity contribution is 7.10. The van der Waals surface area contributed by atoms with Crippen LogP contribution in [0.25, 0.3) is 0 Å². The summed E-state index contributed by atoms with van der Waals surface area (Å²) in [7, 11) is 0. The van der Waals surface area contributed by atoms with E-state index in [1.54, 1.807) is 16.2 Å². The first kappa shape index (κ1) is 15.0. The number of rotatable bonds is 5. The molecule has 1 aliphatic heterocycles. The first-order valence-electron chi connectivity index (χ1n) is 6.85. The van der Waals surface area contributed by atoms with Gasteiger partial charge in [-0.1, -0.05) is 6.07 Å². The van der Waals surface area contributed by atoms with E-state index in [1.165, 1.54) is 4.88 Å². The van der Waals surface area contributed by atoms with Crippen LogP contribution in [0.1, 0.15) is 30.7 Å². The molecule has 1 aromatic rings. The van der Waals surface area contributed by atoms with Crippen molar-refractivity contribution in [1.29, 1.82) is 0 Å². The molecule has 1 fully saturated rings. The zero-order valence-corrected chi connectivity index (χ0v) is 12.4. The molecule has 5 nitrogen and oxygen atoms in total. The highest BCUT2D eigenvalue weighted by atomic mass is 32.1. The predicted molar refractivity (Wildman–Crippen MR) is 77.7 cm³/mol. The molecule has 1 atom stereocenters. The Balaban J connectivity index is 1.74. The van der Waals surface area contributed by atoms with Crippen LogP contribution >= 0.6 is 11.3 Å². The molecule has 0 radical (unpaired) electrons. The number of hydrogen-bond acceptors (Lipinski definition) is 4. The van der Waals surface area contributed by atoms with Crippen LogP contribution in [0, 0.1) is 5.92 Å². The van der Waals surface area contributed by atoms with E-state index in [0.29, 0.717) is 32.5 Å². The summed E-state index contributed by atoms with van der Waals surface area (Å²) in [5, 5.41) is 14.2. The van der Waals surface area contributed by atoms with Crippen molar-refractivity contribution in [2.45, 2.75) is 25.8 Å². The molecule has 6 heteroatoms. The number of piperidine rings is 1. The highest BCUT2D eigenvalue weighted by Crippen LogP contribution is 2.19. The standard InChI is InChI=1S/C14H20N2O3S/c1-10(12-3-2-8-20-12)15-9-13(17)16-6-4-11(5-7-16)14(18)19/h2-3,8,10-11,15H,4-7,9H2,1H3,(H,18,19). The molecule has 0 saturated carbocycles. The van der Waals surface area contributed by atoms with Crippen LogP contribution < -0.4 is 5.32 Å². The molecule has 2 heterocycles. The summed E-state index contributed by atoms with van der Waals surface area (Å²) in [6, 6.07) is 4.21. The number of amides is 1. The van der Waals surface area contributed by atoms with Gasteiger partial charge in [0.1, 0.15) is 0 Å². The lowest BCUT2D eigenvalue weighted by Gasteiger charge is -2.30. The number of carboxylic acid groups (broad SMARTS) is 1. The molecule has 2 N–H and O–H groups in total. The lowest BCUT2D eigenvalue weighted by Crippen LogP contribution is -2.44. The molecule has 0 bridgehead atoms. The fraction of sp³-hybridized carbons (Fsp3) is 0.571. The van der Waals surface area contributed by atoms with Gasteiger partial charge in [-0.25, -0.2) is 0 Å². The predicted octanol–water partition coefficient (Wildman–Crippen LogP) is 1.72. The van der Waals surface area contributed by atoms with E-state index in [9.17, 15) is 9.59 Å². The molecule has 1 amide bonds. The van der Waals surface area contributed by atoms with Crippen molar-refractivity contribution in [3.8, 4) is 0 Å². The first-order chi connectivity index (χ1) is 9.58. The third kappa shape index (κ3) is 3.80. The average molecular weight is 296 g/mol. The Labute approximate surface area is 122 Å². The van der Waals surface area contributed by atoms with Crippen molar-refractivity contribution in [3.05, 3.63) is 22.4 Å². The normalized spacial score (nSPS) is 17.9. The Hall–Kier alpha value is -1.40. The molecule has 1 saturated heterocycles. The minimum Gasteiger partial charge on any atom is -0.481 e. The lowest BCUT2D eigenvalue weighted by molar-refractivity contribution is -0.145. The van der Waals surface area contributed by atoms with Crippen molar-refractivity contribution in [1.82, 2.24) is 10.2 Å². The number of carboxylic acids is 1. The molecule has 0 spiro atoms.